The third-order valence-electron chi connectivity index (χ3n) is 3.29. The molecule has 1 aromatic rings. The number of nitrogens with two attached hydrogens (primary N) is 1. The minimum Gasteiger partial charge on any atom is -0.324 e. The van der Waals surface area contributed by atoms with Crippen LogP contribution >= 0.6 is 0 Å². The highest BCUT2D eigenvalue weighted by atomic mass is 15.3. The van der Waals surface area contributed by atoms with Crippen LogP contribution in [-0.2, 0) is 13.5 Å². The van der Waals surface area contributed by atoms with Crippen molar-refractivity contribution in [3.8, 4) is 0 Å². The summed E-state index contributed by atoms with van der Waals surface area (Å²) in [7, 11) is 1.97. The second-order valence-electron chi connectivity index (χ2n) is 4.87. The molecule has 1 atom stereocenters. The second kappa shape index (κ2) is 7.49. The van der Waals surface area contributed by atoms with Gasteiger partial charge in [-0.25, -0.2) is 0 Å². The van der Waals surface area contributed by atoms with E-state index in [1.807, 2.05) is 11.7 Å². The molecule has 1 aromatic heterocycles. The molecule has 0 aliphatic rings. The summed E-state index contributed by atoms with van der Waals surface area (Å²) in [6.07, 6.45) is 10.7. The van der Waals surface area contributed by atoms with E-state index in [4.69, 9.17) is 5.73 Å². The zero-order chi connectivity index (χ0) is 12.7. The predicted octanol–water partition coefficient (Wildman–Crippen LogP) is 3.34. The van der Waals surface area contributed by atoms with E-state index in [0.717, 1.165) is 18.5 Å². The summed E-state index contributed by atoms with van der Waals surface area (Å²) in [6.45, 7) is 4.38. The number of nitrogens with zero attached hydrogens (tertiary/aromatic N) is 2. The molecule has 1 unspecified atom stereocenters. The first kappa shape index (κ1) is 14.2. The molecule has 0 aromatic carbocycles. The average molecular weight is 237 g/mol. The Bertz CT molecular complexity index is 317. The Balaban J connectivity index is 2.38. The number of aromatic nitrogens is 2. The van der Waals surface area contributed by atoms with E-state index in [2.05, 4.69) is 25.1 Å². The molecule has 0 spiro atoms. The van der Waals surface area contributed by atoms with Gasteiger partial charge in [0, 0.05) is 24.8 Å². The van der Waals surface area contributed by atoms with Crippen molar-refractivity contribution in [1.82, 2.24) is 9.78 Å². The van der Waals surface area contributed by atoms with Gasteiger partial charge in [0.1, 0.15) is 0 Å². The smallest absolute Gasteiger partial charge is 0.0669 e. The van der Waals surface area contributed by atoms with Gasteiger partial charge in [-0.2, -0.15) is 5.10 Å². The van der Waals surface area contributed by atoms with Gasteiger partial charge < -0.3 is 5.73 Å². The number of aryl methyl sites for hydroxylation is 2. The van der Waals surface area contributed by atoms with E-state index in [-0.39, 0.29) is 6.04 Å². The van der Waals surface area contributed by atoms with Crippen molar-refractivity contribution in [3.05, 3.63) is 17.5 Å². The van der Waals surface area contributed by atoms with Gasteiger partial charge in [0.05, 0.1) is 5.69 Å². The maximum Gasteiger partial charge on any atom is 0.0669 e. The van der Waals surface area contributed by atoms with Crippen LogP contribution in [0.5, 0.6) is 0 Å². The van der Waals surface area contributed by atoms with Crippen molar-refractivity contribution in [3.63, 3.8) is 0 Å². The van der Waals surface area contributed by atoms with E-state index < -0.39 is 0 Å². The third-order valence-corrected chi connectivity index (χ3v) is 3.29. The predicted molar refractivity (Wildman–Crippen MR) is 72.9 cm³/mol. The van der Waals surface area contributed by atoms with Gasteiger partial charge in [0.15, 0.2) is 0 Å². The molecule has 2 N–H and O–H groups in total. The van der Waals surface area contributed by atoms with Crippen molar-refractivity contribution in [2.45, 2.75) is 64.8 Å². The lowest BCUT2D eigenvalue weighted by atomic mass is 10.0. The highest BCUT2D eigenvalue weighted by molar-refractivity contribution is 5.20. The molecular formula is C14H27N3. The first-order valence-electron chi connectivity index (χ1n) is 6.97. The van der Waals surface area contributed by atoms with Crippen LogP contribution in [-0.4, -0.2) is 9.78 Å². The van der Waals surface area contributed by atoms with E-state index in [1.165, 1.54) is 37.7 Å². The van der Waals surface area contributed by atoms with Crippen LogP contribution in [0.4, 0.5) is 0 Å². The fourth-order valence-electron chi connectivity index (χ4n) is 2.26. The number of unbranched alkanes of at least 4 members (excludes halogenated alkanes) is 4. The lowest BCUT2D eigenvalue weighted by Gasteiger charge is -2.10. The number of hydrogen-bond acceptors (Lipinski definition) is 2. The minimum atomic E-state index is 0.167. The molecule has 0 saturated heterocycles. The molecule has 1 heterocycles. The van der Waals surface area contributed by atoms with Gasteiger partial charge in [-0.3, -0.25) is 4.68 Å². The summed E-state index contributed by atoms with van der Waals surface area (Å²) in [5, 5.41) is 4.44. The van der Waals surface area contributed by atoms with E-state index >= 15 is 0 Å². The lowest BCUT2D eigenvalue weighted by molar-refractivity contribution is 0.553. The van der Waals surface area contributed by atoms with Crippen LogP contribution in [0, 0.1) is 0 Å². The molecule has 0 radical (unpaired) electrons. The summed E-state index contributed by atoms with van der Waals surface area (Å²) < 4.78 is 1.88. The van der Waals surface area contributed by atoms with Crippen molar-refractivity contribution in [2.75, 3.05) is 0 Å². The average Bonchev–Trinajstić information content (AvgIpc) is 2.70. The molecule has 0 fully saturated rings. The molecule has 0 aliphatic heterocycles. The van der Waals surface area contributed by atoms with Crippen molar-refractivity contribution >= 4 is 0 Å². The summed E-state index contributed by atoms with van der Waals surface area (Å²) in [4.78, 5) is 0. The van der Waals surface area contributed by atoms with Gasteiger partial charge in [-0.15, -0.1) is 0 Å². The molecule has 3 nitrogen and oxygen atoms in total. The Kier molecular flexibility index (Phi) is 6.27. The number of rotatable bonds is 8. The van der Waals surface area contributed by atoms with E-state index in [0.29, 0.717) is 0 Å². The quantitative estimate of drug-likeness (QED) is 0.705. The molecule has 3 heteroatoms. The van der Waals surface area contributed by atoms with Gasteiger partial charge in [-0.05, 0) is 12.8 Å². The minimum absolute atomic E-state index is 0.167. The highest BCUT2D eigenvalue weighted by Crippen LogP contribution is 2.21. The molecule has 0 bridgehead atoms. The van der Waals surface area contributed by atoms with Gasteiger partial charge in [0.25, 0.3) is 0 Å². The summed E-state index contributed by atoms with van der Waals surface area (Å²) >= 11 is 0. The number of hydrogen-bond donors (Lipinski definition) is 1. The first-order chi connectivity index (χ1) is 8.19. The lowest BCUT2D eigenvalue weighted by Crippen LogP contribution is -2.11. The summed E-state index contributed by atoms with van der Waals surface area (Å²) in [5.41, 5.74) is 8.65. The van der Waals surface area contributed by atoms with Crippen LogP contribution in [0.25, 0.3) is 0 Å². The Hall–Kier alpha value is -0.830. The molecule has 0 amide bonds. The summed E-state index contributed by atoms with van der Waals surface area (Å²) in [6, 6.07) is 0.167. The molecule has 0 aliphatic carbocycles. The first-order valence-corrected chi connectivity index (χ1v) is 6.97. The van der Waals surface area contributed by atoms with Crippen molar-refractivity contribution in [1.29, 1.82) is 0 Å². The van der Waals surface area contributed by atoms with Crippen molar-refractivity contribution < 1.29 is 0 Å². The van der Waals surface area contributed by atoms with Crippen LogP contribution in [0.3, 0.4) is 0 Å². The molecule has 1 rings (SSSR count). The molecular weight excluding hydrogens is 210 g/mol. The van der Waals surface area contributed by atoms with Crippen LogP contribution < -0.4 is 5.73 Å². The zero-order valence-corrected chi connectivity index (χ0v) is 11.6. The van der Waals surface area contributed by atoms with Crippen LogP contribution in [0.1, 0.15) is 69.7 Å². The fraction of sp³-hybridized carbons (Fsp3) is 0.786. The van der Waals surface area contributed by atoms with Crippen LogP contribution in [0.2, 0.25) is 0 Å². The molecule has 17 heavy (non-hydrogen) atoms. The Morgan fingerprint density at radius 3 is 2.59 bits per heavy atom. The van der Waals surface area contributed by atoms with E-state index in [9.17, 15) is 0 Å². The Labute approximate surface area is 105 Å². The monoisotopic (exact) mass is 237 g/mol. The standard InChI is InChI=1S/C14H27N3/c1-4-6-7-8-9-10-13(15)12-11-17(3)16-14(12)5-2/h11,13H,4-10,15H2,1-3H3. The third kappa shape index (κ3) is 4.50. The van der Waals surface area contributed by atoms with Gasteiger partial charge in [-0.1, -0.05) is 46.0 Å². The SMILES string of the molecule is CCCCCCCC(N)c1cn(C)nc1CC. The molecule has 0 saturated carbocycles. The fourth-order valence-corrected chi connectivity index (χ4v) is 2.26. The normalized spacial score (nSPS) is 12.9. The van der Waals surface area contributed by atoms with Gasteiger partial charge >= 0.3 is 0 Å². The summed E-state index contributed by atoms with van der Waals surface area (Å²) in [5.74, 6) is 0. The Morgan fingerprint density at radius 2 is 1.94 bits per heavy atom. The van der Waals surface area contributed by atoms with Gasteiger partial charge in [0.2, 0.25) is 0 Å². The zero-order valence-electron chi connectivity index (χ0n) is 11.6. The maximum absolute atomic E-state index is 6.25. The molecule has 98 valence electrons. The van der Waals surface area contributed by atoms with Crippen LogP contribution in [0.15, 0.2) is 6.20 Å². The van der Waals surface area contributed by atoms with Crippen molar-refractivity contribution in [2.24, 2.45) is 12.8 Å². The topological polar surface area (TPSA) is 43.8 Å². The largest absolute Gasteiger partial charge is 0.324 e. The van der Waals surface area contributed by atoms with E-state index in [1.54, 1.807) is 0 Å². The second-order valence-corrected chi connectivity index (χ2v) is 4.87. The Morgan fingerprint density at radius 1 is 1.24 bits per heavy atom. The highest BCUT2D eigenvalue weighted by Gasteiger charge is 2.13. The maximum atomic E-state index is 6.25.